The van der Waals surface area contributed by atoms with E-state index >= 15 is 0 Å². The highest BCUT2D eigenvalue weighted by atomic mass is 79.9. The smallest absolute Gasteiger partial charge is 0.272 e. The summed E-state index contributed by atoms with van der Waals surface area (Å²) in [6.07, 6.45) is 0. The van der Waals surface area contributed by atoms with E-state index in [1.54, 1.807) is 36.6 Å². The number of hydrogen-bond acceptors (Lipinski definition) is 3. The Hall–Kier alpha value is -0.560. The second-order valence-corrected chi connectivity index (χ2v) is 7.65. The molecule has 3 nitrogen and oxygen atoms in total. The van der Waals surface area contributed by atoms with Crippen molar-refractivity contribution in [1.29, 1.82) is 0 Å². The van der Waals surface area contributed by atoms with Crippen LogP contribution in [-0.2, 0) is 10.0 Å². The Bertz CT molecular complexity index is 662. The molecule has 0 saturated heterocycles. The van der Waals surface area contributed by atoms with Gasteiger partial charge in [-0.25, -0.2) is 8.42 Å². The van der Waals surface area contributed by atoms with E-state index in [4.69, 9.17) is 11.6 Å². The van der Waals surface area contributed by atoms with Gasteiger partial charge >= 0.3 is 0 Å². The Morgan fingerprint density at radius 1 is 1.33 bits per heavy atom. The van der Waals surface area contributed by atoms with Crippen molar-refractivity contribution in [3.05, 3.63) is 44.7 Å². The molecule has 0 spiro atoms. The zero-order chi connectivity index (χ0) is 13.3. The van der Waals surface area contributed by atoms with Gasteiger partial charge in [-0.3, -0.25) is 4.72 Å². The Balaban J connectivity index is 2.44. The summed E-state index contributed by atoms with van der Waals surface area (Å²) in [4.78, 5) is 0. The van der Waals surface area contributed by atoms with Crippen LogP contribution in [0.3, 0.4) is 0 Å². The molecule has 18 heavy (non-hydrogen) atoms. The van der Waals surface area contributed by atoms with Crippen molar-refractivity contribution < 1.29 is 8.42 Å². The lowest BCUT2D eigenvalue weighted by Gasteiger charge is -2.11. The van der Waals surface area contributed by atoms with Crippen LogP contribution in [0.15, 0.2) is 38.3 Å². The molecule has 0 unspecified atom stereocenters. The molecule has 0 amide bonds. The van der Waals surface area contributed by atoms with E-state index in [1.165, 1.54) is 0 Å². The molecule has 1 N–H and O–H groups in total. The average molecular weight is 367 g/mol. The molecule has 0 bridgehead atoms. The first-order chi connectivity index (χ1) is 8.42. The SMILES string of the molecule is Cc1cccc(Cl)c1NS(=O)(=O)c1sccc1Br. The Morgan fingerprint density at radius 3 is 2.61 bits per heavy atom. The van der Waals surface area contributed by atoms with Crippen molar-refractivity contribution in [2.45, 2.75) is 11.1 Å². The Labute approximate surface area is 123 Å². The Kier molecular flexibility index (Phi) is 4.01. The van der Waals surface area contributed by atoms with E-state index in [-0.39, 0.29) is 4.21 Å². The summed E-state index contributed by atoms with van der Waals surface area (Å²) in [7, 11) is -3.61. The van der Waals surface area contributed by atoms with Crippen LogP contribution < -0.4 is 4.72 Å². The molecule has 2 rings (SSSR count). The van der Waals surface area contributed by atoms with E-state index in [9.17, 15) is 8.42 Å². The van der Waals surface area contributed by atoms with Crippen molar-refractivity contribution in [3.8, 4) is 0 Å². The van der Waals surface area contributed by atoms with Gasteiger partial charge in [-0.2, -0.15) is 0 Å². The number of nitrogens with one attached hydrogen (secondary N) is 1. The zero-order valence-corrected chi connectivity index (χ0v) is 13.3. The van der Waals surface area contributed by atoms with Crippen LogP contribution >= 0.6 is 38.9 Å². The van der Waals surface area contributed by atoms with Gasteiger partial charge in [-0.1, -0.05) is 23.7 Å². The summed E-state index contributed by atoms with van der Waals surface area (Å²) in [6, 6.07) is 6.91. The molecule has 0 aliphatic heterocycles. The molecule has 0 radical (unpaired) electrons. The first kappa shape index (κ1) is 13.9. The maximum atomic E-state index is 12.2. The number of para-hydroxylation sites is 1. The Morgan fingerprint density at radius 2 is 2.06 bits per heavy atom. The number of benzene rings is 1. The van der Waals surface area contributed by atoms with Crippen molar-refractivity contribution in [2.24, 2.45) is 0 Å². The third-order valence-electron chi connectivity index (χ3n) is 2.29. The van der Waals surface area contributed by atoms with E-state index in [1.807, 2.05) is 0 Å². The zero-order valence-electron chi connectivity index (χ0n) is 9.28. The molecule has 0 saturated carbocycles. The van der Waals surface area contributed by atoms with E-state index < -0.39 is 10.0 Å². The van der Waals surface area contributed by atoms with Crippen LogP contribution in [0.25, 0.3) is 0 Å². The van der Waals surface area contributed by atoms with Crippen LogP contribution in [0, 0.1) is 6.92 Å². The molecular weight excluding hydrogens is 358 g/mol. The van der Waals surface area contributed by atoms with Crippen molar-refractivity contribution >= 4 is 54.6 Å². The van der Waals surface area contributed by atoms with Gasteiger partial charge in [0.1, 0.15) is 0 Å². The first-order valence-corrected chi connectivity index (χ1v) is 8.46. The predicted molar refractivity (Wildman–Crippen MR) is 79.0 cm³/mol. The summed E-state index contributed by atoms with van der Waals surface area (Å²) in [5.41, 5.74) is 1.19. The van der Waals surface area contributed by atoms with E-state index in [2.05, 4.69) is 20.7 Å². The van der Waals surface area contributed by atoms with Gasteiger partial charge in [-0.05, 0) is 45.9 Å². The highest BCUT2D eigenvalue weighted by Gasteiger charge is 2.21. The summed E-state index contributed by atoms with van der Waals surface area (Å²) in [5, 5.41) is 2.09. The highest BCUT2D eigenvalue weighted by molar-refractivity contribution is 9.10. The second kappa shape index (κ2) is 5.21. The van der Waals surface area contributed by atoms with Crippen LogP contribution in [0.2, 0.25) is 5.02 Å². The lowest BCUT2D eigenvalue weighted by atomic mass is 10.2. The number of rotatable bonds is 3. The molecule has 1 aromatic carbocycles. The lowest BCUT2D eigenvalue weighted by molar-refractivity contribution is 0.603. The monoisotopic (exact) mass is 365 g/mol. The van der Waals surface area contributed by atoms with E-state index in [0.29, 0.717) is 15.2 Å². The fraction of sp³-hybridized carbons (Fsp3) is 0.0909. The molecular formula is C11H9BrClNO2S2. The molecule has 0 fully saturated rings. The fourth-order valence-corrected chi connectivity index (χ4v) is 5.23. The third-order valence-corrected chi connectivity index (χ3v) is 6.62. The number of thiophene rings is 1. The molecule has 1 aromatic heterocycles. The molecule has 0 aliphatic carbocycles. The van der Waals surface area contributed by atoms with Gasteiger partial charge in [0.25, 0.3) is 10.0 Å². The number of aryl methyl sites for hydroxylation is 1. The number of hydrogen-bond donors (Lipinski definition) is 1. The molecule has 7 heteroatoms. The highest BCUT2D eigenvalue weighted by Crippen LogP contribution is 2.32. The largest absolute Gasteiger partial charge is 0.277 e. The van der Waals surface area contributed by atoms with E-state index in [0.717, 1.165) is 16.9 Å². The summed E-state index contributed by atoms with van der Waals surface area (Å²) in [6.45, 7) is 1.80. The van der Waals surface area contributed by atoms with Crippen LogP contribution in [-0.4, -0.2) is 8.42 Å². The van der Waals surface area contributed by atoms with Crippen LogP contribution in [0.5, 0.6) is 0 Å². The van der Waals surface area contributed by atoms with Gasteiger partial charge in [0, 0.05) is 4.47 Å². The average Bonchev–Trinajstić information content (AvgIpc) is 2.71. The van der Waals surface area contributed by atoms with Crippen LogP contribution in [0.1, 0.15) is 5.56 Å². The molecule has 1 heterocycles. The molecule has 96 valence electrons. The fourth-order valence-electron chi connectivity index (χ4n) is 1.41. The second-order valence-electron chi connectivity index (χ2n) is 3.59. The molecule has 2 aromatic rings. The minimum absolute atomic E-state index is 0.238. The summed E-state index contributed by atoms with van der Waals surface area (Å²) < 4.78 is 27.7. The lowest BCUT2D eigenvalue weighted by Crippen LogP contribution is -2.13. The standard InChI is InChI=1S/C11H9BrClNO2S2/c1-7-3-2-4-9(13)10(7)14-18(15,16)11-8(12)5-6-17-11/h2-6,14H,1H3. The minimum Gasteiger partial charge on any atom is -0.277 e. The maximum absolute atomic E-state index is 12.2. The number of halogens is 2. The number of anilines is 1. The van der Waals surface area contributed by atoms with Gasteiger partial charge in [0.15, 0.2) is 4.21 Å². The van der Waals surface area contributed by atoms with Crippen molar-refractivity contribution in [3.63, 3.8) is 0 Å². The molecule has 0 atom stereocenters. The normalized spacial score (nSPS) is 11.5. The van der Waals surface area contributed by atoms with Crippen molar-refractivity contribution in [1.82, 2.24) is 0 Å². The van der Waals surface area contributed by atoms with Crippen LogP contribution in [0.4, 0.5) is 5.69 Å². The van der Waals surface area contributed by atoms with Gasteiger partial charge in [0.05, 0.1) is 10.7 Å². The molecule has 0 aliphatic rings. The first-order valence-electron chi connectivity index (χ1n) is 4.93. The summed E-state index contributed by atoms with van der Waals surface area (Å²) in [5.74, 6) is 0. The quantitative estimate of drug-likeness (QED) is 0.881. The maximum Gasteiger partial charge on any atom is 0.272 e. The topological polar surface area (TPSA) is 46.2 Å². The van der Waals surface area contributed by atoms with Gasteiger partial charge in [-0.15, -0.1) is 11.3 Å². The predicted octanol–water partition coefficient (Wildman–Crippen LogP) is 4.27. The third kappa shape index (κ3) is 2.71. The van der Waals surface area contributed by atoms with Crippen molar-refractivity contribution in [2.75, 3.05) is 4.72 Å². The minimum atomic E-state index is -3.61. The van der Waals surface area contributed by atoms with Gasteiger partial charge < -0.3 is 0 Å². The summed E-state index contributed by atoms with van der Waals surface area (Å²) >= 11 is 10.4. The van der Waals surface area contributed by atoms with Gasteiger partial charge in [0.2, 0.25) is 0 Å². The number of sulfonamides is 1.